The molecule has 2 aromatic rings. The fourth-order valence-electron chi connectivity index (χ4n) is 2.84. The summed E-state index contributed by atoms with van der Waals surface area (Å²) >= 11 is 0. The van der Waals surface area contributed by atoms with Crippen LogP contribution in [0.3, 0.4) is 0 Å². The first kappa shape index (κ1) is 13.5. The zero-order valence-electron chi connectivity index (χ0n) is 11.9. The molecule has 7 nitrogen and oxygen atoms in total. The van der Waals surface area contributed by atoms with E-state index >= 15 is 0 Å². The Kier molecular flexibility index (Phi) is 3.12. The predicted molar refractivity (Wildman–Crippen MR) is 74.2 cm³/mol. The predicted octanol–water partition coefficient (Wildman–Crippen LogP) is 1.04. The molecule has 1 amide bonds. The first-order valence-corrected chi connectivity index (χ1v) is 6.85. The first-order chi connectivity index (χ1) is 9.99. The van der Waals surface area contributed by atoms with Gasteiger partial charge < -0.3 is 10.0 Å². The summed E-state index contributed by atoms with van der Waals surface area (Å²) in [4.78, 5) is 29.6. The van der Waals surface area contributed by atoms with Crippen LogP contribution in [0.25, 0.3) is 5.65 Å². The molecule has 0 radical (unpaired) electrons. The van der Waals surface area contributed by atoms with E-state index in [4.69, 9.17) is 0 Å². The van der Waals surface area contributed by atoms with Gasteiger partial charge in [-0.25, -0.2) is 14.3 Å². The topological polar surface area (TPSA) is 87.8 Å². The fraction of sp³-hybridized carbons (Fsp3) is 0.429. The number of carboxylic acids is 1. The van der Waals surface area contributed by atoms with Gasteiger partial charge in [0.1, 0.15) is 11.6 Å². The Labute approximate surface area is 121 Å². The maximum Gasteiger partial charge on any atom is 0.326 e. The minimum atomic E-state index is -0.961. The number of likely N-dealkylation sites (tertiary alicyclic amines) is 1. The van der Waals surface area contributed by atoms with Crippen LogP contribution in [0.4, 0.5) is 0 Å². The van der Waals surface area contributed by atoms with E-state index in [1.54, 1.807) is 4.52 Å². The highest BCUT2D eigenvalue weighted by molar-refractivity contribution is 6.01. The first-order valence-electron chi connectivity index (χ1n) is 6.85. The Morgan fingerprint density at radius 1 is 1.38 bits per heavy atom. The zero-order valence-corrected chi connectivity index (χ0v) is 11.9. The quantitative estimate of drug-likeness (QED) is 0.892. The van der Waals surface area contributed by atoms with E-state index in [0.717, 1.165) is 11.4 Å². The largest absolute Gasteiger partial charge is 0.480 e. The molecule has 0 saturated carbocycles. The highest BCUT2D eigenvalue weighted by Gasteiger charge is 2.35. The molecule has 3 rings (SSSR count). The molecule has 1 fully saturated rings. The van der Waals surface area contributed by atoms with Gasteiger partial charge >= 0.3 is 5.97 Å². The van der Waals surface area contributed by atoms with Crippen LogP contribution in [0.1, 0.15) is 34.6 Å². The van der Waals surface area contributed by atoms with Crippen molar-refractivity contribution in [2.24, 2.45) is 0 Å². The van der Waals surface area contributed by atoms with Crippen molar-refractivity contribution in [3.8, 4) is 0 Å². The molecule has 2 aromatic heterocycles. The van der Waals surface area contributed by atoms with Crippen molar-refractivity contribution >= 4 is 17.5 Å². The summed E-state index contributed by atoms with van der Waals surface area (Å²) in [6.07, 6.45) is 2.66. The summed E-state index contributed by atoms with van der Waals surface area (Å²) in [7, 11) is 0. The van der Waals surface area contributed by atoms with Gasteiger partial charge in [-0.2, -0.15) is 5.10 Å². The van der Waals surface area contributed by atoms with Gasteiger partial charge in [-0.15, -0.1) is 0 Å². The molecule has 1 unspecified atom stereocenters. The smallest absolute Gasteiger partial charge is 0.326 e. The Bertz CT molecular complexity index is 737. The number of nitrogens with zero attached hydrogens (tertiary/aromatic N) is 4. The summed E-state index contributed by atoms with van der Waals surface area (Å²) in [5.74, 6) is -1.27. The molecule has 1 aliphatic rings. The van der Waals surface area contributed by atoms with Crippen molar-refractivity contribution in [3.63, 3.8) is 0 Å². The molecule has 110 valence electrons. The normalized spacial score (nSPS) is 18.4. The van der Waals surface area contributed by atoms with Crippen LogP contribution in [0.2, 0.25) is 0 Å². The molecule has 0 bridgehead atoms. The lowest BCUT2D eigenvalue weighted by atomic mass is 10.2. The van der Waals surface area contributed by atoms with Crippen LogP contribution in [0, 0.1) is 13.8 Å². The number of aliphatic carboxylic acids is 1. The monoisotopic (exact) mass is 288 g/mol. The Morgan fingerprint density at radius 2 is 2.14 bits per heavy atom. The third-order valence-corrected chi connectivity index (χ3v) is 3.81. The van der Waals surface area contributed by atoms with Gasteiger partial charge in [0, 0.05) is 17.9 Å². The van der Waals surface area contributed by atoms with Gasteiger partial charge in [-0.05, 0) is 32.8 Å². The van der Waals surface area contributed by atoms with Crippen LogP contribution >= 0.6 is 0 Å². The third-order valence-electron chi connectivity index (χ3n) is 3.81. The maximum atomic E-state index is 12.6. The minimum absolute atomic E-state index is 0.313. The second-order valence-electron chi connectivity index (χ2n) is 5.33. The van der Waals surface area contributed by atoms with Crippen LogP contribution < -0.4 is 0 Å². The standard InChI is InChI=1S/C14H16N4O3/c1-8-6-9(2)18-12(16-8)10(7-15-18)13(19)17-5-3-4-11(17)14(20)21/h6-7,11H,3-5H2,1-2H3,(H,20,21). The Balaban J connectivity index is 2.04. The van der Waals surface area contributed by atoms with Gasteiger partial charge in [-0.3, -0.25) is 4.79 Å². The lowest BCUT2D eigenvalue weighted by molar-refractivity contribution is -0.141. The summed E-state index contributed by atoms with van der Waals surface area (Å²) < 4.78 is 1.60. The number of hydrogen-bond acceptors (Lipinski definition) is 4. The van der Waals surface area contributed by atoms with E-state index in [1.165, 1.54) is 11.1 Å². The molecule has 1 aliphatic heterocycles. The molecule has 0 aliphatic carbocycles. The number of carbonyl (C=O) groups excluding carboxylic acids is 1. The van der Waals surface area contributed by atoms with Gasteiger partial charge in [-0.1, -0.05) is 0 Å². The van der Waals surface area contributed by atoms with E-state index in [-0.39, 0.29) is 5.91 Å². The Morgan fingerprint density at radius 3 is 2.86 bits per heavy atom. The number of aryl methyl sites for hydroxylation is 2. The number of amides is 1. The molecule has 21 heavy (non-hydrogen) atoms. The molecule has 1 atom stereocenters. The van der Waals surface area contributed by atoms with Crippen LogP contribution in [0.15, 0.2) is 12.3 Å². The second-order valence-corrected chi connectivity index (χ2v) is 5.33. The molecule has 7 heteroatoms. The second kappa shape index (κ2) is 4.83. The van der Waals surface area contributed by atoms with Crippen molar-refractivity contribution in [3.05, 3.63) is 29.2 Å². The molecule has 1 N–H and O–H groups in total. The van der Waals surface area contributed by atoms with Gasteiger partial charge in [0.25, 0.3) is 5.91 Å². The van der Waals surface area contributed by atoms with Crippen molar-refractivity contribution in [1.82, 2.24) is 19.5 Å². The fourth-order valence-corrected chi connectivity index (χ4v) is 2.84. The lowest BCUT2D eigenvalue weighted by Gasteiger charge is -2.20. The highest BCUT2D eigenvalue weighted by atomic mass is 16.4. The lowest BCUT2D eigenvalue weighted by Crippen LogP contribution is -2.40. The van der Waals surface area contributed by atoms with Gasteiger partial charge in [0.2, 0.25) is 0 Å². The van der Waals surface area contributed by atoms with E-state index < -0.39 is 12.0 Å². The van der Waals surface area contributed by atoms with E-state index in [9.17, 15) is 14.7 Å². The van der Waals surface area contributed by atoms with Crippen molar-refractivity contribution < 1.29 is 14.7 Å². The van der Waals surface area contributed by atoms with E-state index in [0.29, 0.717) is 30.6 Å². The summed E-state index contributed by atoms with van der Waals surface area (Å²) in [6, 6.07) is 1.13. The number of carbonyl (C=O) groups is 2. The number of fused-ring (bicyclic) bond motifs is 1. The highest BCUT2D eigenvalue weighted by Crippen LogP contribution is 2.22. The molecule has 1 saturated heterocycles. The van der Waals surface area contributed by atoms with Crippen LogP contribution in [0.5, 0.6) is 0 Å². The van der Waals surface area contributed by atoms with E-state index in [2.05, 4.69) is 10.1 Å². The number of carboxylic acid groups (broad SMARTS) is 1. The average Bonchev–Trinajstić information content (AvgIpc) is 3.03. The number of rotatable bonds is 2. The van der Waals surface area contributed by atoms with Crippen molar-refractivity contribution in [2.75, 3.05) is 6.54 Å². The molecular formula is C14H16N4O3. The van der Waals surface area contributed by atoms with E-state index in [1.807, 2.05) is 19.9 Å². The van der Waals surface area contributed by atoms with Crippen molar-refractivity contribution in [2.45, 2.75) is 32.7 Å². The maximum absolute atomic E-state index is 12.6. The summed E-state index contributed by atoms with van der Waals surface area (Å²) in [6.45, 7) is 4.20. The van der Waals surface area contributed by atoms with Gasteiger partial charge in [0.05, 0.1) is 6.20 Å². The van der Waals surface area contributed by atoms with Gasteiger partial charge in [0.15, 0.2) is 5.65 Å². The Hall–Kier alpha value is -2.44. The number of hydrogen-bond donors (Lipinski definition) is 1. The van der Waals surface area contributed by atoms with Crippen LogP contribution in [-0.2, 0) is 4.79 Å². The molecular weight excluding hydrogens is 272 g/mol. The molecule has 0 aromatic carbocycles. The van der Waals surface area contributed by atoms with Crippen LogP contribution in [-0.4, -0.2) is 49.1 Å². The molecule has 3 heterocycles. The average molecular weight is 288 g/mol. The van der Waals surface area contributed by atoms with Crippen molar-refractivity contribution in [1.29, 1.82) is 0 Å². The number of aromatic nitrogens is 3. The third kappa shape index (κ3) is 2.14. The summed E-state index contributed by atoms with van der Waals surface area (Å²) in [5.41, 5.74) is 2.52. The minimum Gasteiger partial charge on any atom is -0.480 e. The summed E-state index contributed by atoms with van der Waals surface area (Å²) in [5, 5.41) is 13.4. The SMILES string of the molecule is Cc1cc(C)n2ncc(C(=O)N3CCCC3C(=O)O)c2n1. The molecule has 0 spiro atoms. The zero-order chi connectivity index (χ0) is 15.1.